The average Bonchev–Trinajstić information content (AvgIpc) is 3.04. The highest BCUT2D eigenvalue weighted by Crippen LogP contribution is 2.45. The number of benzene rings is 1. The standard InChI is InChI=1S/C13H14N4O/c1-17-9-11(15-16-17)12(18)14-13(7-8-13)10-5-3-2-4-6-10/h2-6,9H,7-8H2,1H3,(H,14,18). The Morgan fingerprint density at radius 2 is 2.06 bits per heavy atom. The molecule has 1 aliphatic carbocycles. The van der Waals surface area contributed by atoms with Crippen molar-refractivity contribution in [3.63, 3.8) is 0 Å². The highest BCUT2D eigenvalue weighted by Gasteiger charge is 2.45. The molecule has 5 nitrogen and oxygen atoms in total. The van der Waals surface area contributed by atoms with E-state index in [1.54, 1.807) is 13.2 Å². The Morgan fingerprint density at radius 1 is 1.33 bits per heavy atom. The van der Waals surface area contributed by atoms with Gasteiger partial charge in [-0.3, -0.25) is 9.48 Å². The van der Waals surface area contributed by atoms with Crippen LogP contribution in [0, 0.1) is 0 Å². The molecule has 1 aliphatic rings. The number of nitrogens with one attached hydrogen (secondary N) is 1. The maximum Gasteiger partial charge on any atom is 0.274 e. The minimum Gasteiger partial charge on any atom is -0.341 e. The van der Waals surface area contributed by atoms with Gasteiger partial charge in [0.25, 0.3) is 5.91 Å². The van der Waals surface area contributed by atoms with E-state index in [1.165, 1.54) is 4.68 Å². The van der Waals surface area contributed by atoms with E-state index >= 15 is 0 Å². The summed E-state index contributed by atoms with van der Waals surface area (Å²) in [6.07, 6.45) is 3.57. The number of aryl methyl sites for hydroxylation is 1. The average molecular weight is 242 g/mol. The van der Waals surface area contributed by atoms with Gasteiger partial charge in [-0.15, -0.1) is 5.10 Å². The number of carbonyl (C=O) groups is 1. The number of aromatic nitrogens is 3. The van der Waals surface area contributed by atoms with E-state index in [0.29, 0.717) is 5.69 Å². The lowest BCUT2D eigenvalue weighted by Crippen LogP contribution is -2.35. The number of amides is 1. The Morgan fingerprint density at radius 3 is 2.61 bits per heavy atom. The van der Waals surface area contributed by atoms with Gasteiger partial charge in [-0.1, -0.05) is 35.5 Å². The van der Waals surface area contributed by atoms with Crippen LogP contribution in [0.5, 0.6) is 0 Å². The fourth-order valence-corrected chi connectivity index (χ4v) is 2.10. The molecule has 0 atom stereocenters. The van der Waals surface area contributed by atoms with Crippen molar-refractivity contribution in [2.45, 2.75) is 18.4 Å². The number of rotatable bonds is 3. The molecule has 0 unspecified atom stereocenters. The van der Waals surface area contributed by atoms with Gasteiger partial charge in [0, 0.05) is 7.05 Å². The van der Waals surface area contributed by atoms with Gasteiger partial charge in [0.2, 0.25) is 0 Å². The molecule has 1 aromatic heterocycles. The fraction of sp³-hybridized carbons (Fsp3) is 0.308. The zero-order chi connectivity index (χ0) is 12.6. The Kier molecular flexibility index (Phi) is 2.40. The minimum atomic E-state index is -0.199. The smallest absolute Gasteiger partial charge is 0.274 e. The van der Waals surface area contributed by atoms with Crippen LogP contribution >= 0.6 is 0 Å². The first-order valence-electron chi connectivity index (χ1n) is 5.94. The van der Waals surface area contributed by atoms with Crippen molar-refractivity contribution in [3.8, 4) is 0 Å². The third kappa shape index (κ3) is 1.88. The number of nitrogens with zero attached hydrogens (tertiary/aromatic N) is 3. The van der Waals surface area contributed by atoms with Gasteiger partial charge in [-0.25, -0.2) is 0 Å². The molecule has 1 fully saturated rings. The van der Waals surface area contributed by atoms with Gasteiger partial charge in [0.1, 0.15) is 0 Å². The largest absolute Gasteiger partial charge is 0.341 e. The van der Waals surface area contributed by atoms with E-state index in [0.717, 1.165) is 18.4 Å². The predicted octanol–water partition coefficient (Wildman–Crippen LogP) is 1.23. The second kappa shape index (κ2) is 3.94. The molecule has 0 spiro atoms. The molecular weight excluding hydrogens is 228 g/mol. The molecule has 1 heterocycles. The highest BCUT2D eigenvalue weighted by atomic mass is 16.2. The summed E-state index contributed by atoms with van der Waals surface area (Å²) in [5.74, 6) is -0.163. The maximum absolute atomic E-state index is 12.1. The highest BCUT2D eigenvalue weighted by molar-refractivity contribution is 5.92. The van der Waals surface area contributed by atoms with Gasteiger partial charge < -0.3 is 5.32 Å². The Hall–Kier alpha value is -2.17. The monoisotopic (exact) mass is 242 g/mol. The molecule has 18 heavy (non-hydrogen) atoms. The molecule has 0 saturated heterocycles. The second-order valence-electron chi connectivity index (χ2n) is 4.68. The van der Waals surface area contributed by atoms with Crippen LogP contribution in [0.15, 0.2) is 36.5 Å². The molecule has 92 valence electrons. The van der Waals surface area contributed by atoms with Crippen molar-refractivity contribution in [1.82, 2.24) is 20.3 Å². The van der Waals surface area contributed by atoms with Gasteiger partial charge in [0.05, 0.1) is 11.7 Å². The van der Waals surface area contributed by atoms with Crippen molar-refractivity contribution < 1.29 is 4.79 Å². The van der Waals surface area contributed by atoms with Crippen molar-refractivity contribution in [1.29, 1.82) is 0 Å². The first-order chi connectivity index (χ1) is 8.70. The first-order valence-corrected chi connectivity index (χ1v) is 5.94. The molecule has 1 N–H and O–H groups in total. The lowest BCUT2D eigenvalue weighted by Gasteiger charge is -2.16. The van der Waals surface area contributed by atoms with Crippen LogP contribution in [0.2, 0.25) is 0 Å². The van der Waals surface area contributed by atoms with E-state index in [-0.39, 0.29) is 11.4 Å². The Bertz CT molecular complexity index is 572. The molecule has 1 amide bonds. The van der Waals surface area contributed by atoms with Crippen LogP contribution in [-0.2, 0) is 12.6 Å². The van der Waals surface area contributed by atoms with Crippen LogP contribution in [0.3, 0.4) is 0 Å². The molecule has 1 saturated carbocycles. The van der Waals surface area contributed by atoms with Crippen LogP contribution in [0.4, 0.5) is 0 Å². The summed E-state index contributed by atoms with van der Waals surface area (Å²) in [6.45, 7) is 0. The van der Waals surface area contributed by atoms with E-state index in [4.69, 9.17) is 0 Å². The van der Waals surface area contributed by atoms with E-state index in [2.05, 4.69) is 15.6 Å². The van der Waals surface area contributed by atoms with E-state index in [9.17, 15) is 4.79 Å². The molecule has 0 bridgehead atoms. The van der Waals surface area contributed by atoms with Crippen LogP contribution in [0.25, 0.3) is 0 Å². The topological polar surface area (TPSA) is 59.8 Å². The summed E-state index contributed by atoms with van der Waals surface area (Å²) in [6, 6.07) is 10.0. The molecule has 5 heteroatoms. The van der Waals surface area contributed by atoms with Crippen molar-refractivity contribution in [3.05, 3.63) is 47.8 Å². The summed E-state index contributed by atoms with van der Waals surface area (Å²) >= 11 is 0. The Labute approximate surface area is 105 Å². The van der Waals surface area contributed by atoms with Crippen molar-refractivity contribution >= 4 is 5.91 Å². The van der Waals surface area contributed by atoms with Gasteiger partial charge in [0.15, 0.2) is 5.69 Å². The molecule has 3 rings (SSSR count). The maximum atomic E-state index is 12.1. The van der Waals surface area contributed by atoms with Gasteiger partial charge in [-0.2, -0.15) is 0 Å². The van der Waals surface area contributed by atoms with Crippen LogP contribution in [-0.4, -0.2) is 20.9 Å². The Balaban J connectivity index is 1.79. The van der Waals surface area contributed by atoms with Crippen molar-refractivity contribution in [2.24, 2.45) is 7.05 Å². The van der Waals surface area contributed by atoms with Crippen molar-refractivity contribution in [2.75, 3.05) is 0 Å². The molecule has 1 aromatic carbocycles. The van der Waals surface area contributed by atoms with Gasteiger partial charge in [-0.05, 0) is 18.4 Å². The minimum absolute atomic E-state index is 0.163. The van der Waals surface area contributed by atoms with E-state index < -0.39 is 0 Å². The zero-order valence-corrected chi connectivity index (χ0v) is 10.1. The predicted molar refractivity (Wildman–Crippen MR) is 65.8 cm³/mol. The molecule has 2 aromatic rings. The molecule has 0 radical (unpaired) electrons. The quantitative estimate of drug-likeness (QED) is 0.880. The number of hydrogen-bond donors (Lipinski definition) is 1. The van der Waals surface area contributed by atoms with Crippen LogP contribution < -0.4 is 5.32 Å². The molecular formula is C13H14N4O. The summed E-state index contributed by atoms with van der Waals surface area (Å²) in [5, 5.41) is 10.6. The summed E-state index contributed by atoms with van der Waals surface area (Å²) in [4.78, 5) is 12.1. The number of hydrogen-bond acceptors (Lipinski definition) is 3. The summed E-state index contributed by atoms with van der Waals surface area (Å²) < 4.78 is 1.52. The van der Waals surface area contributed by atoms with E-state index in [1.807, 2.05) is 30.3 Å². The SMILES string of the molecule is Cn1cc(C(=O)NC2(c3ccccc3)CC2)nn1. The number of carbonyl (C=O) groups excluding carboxylic acids is 1. The molecule has 0 aliphatic heterocycles. The normalized spacial score (nSPS) is 16.3. The van der Waals surface area contributed by atoms with Gasteiger partial charge >= 0.3 is 0 Å². The lowest BCUT2D eigenvalue weighted by atomic mass is 10.1. The third-order valence-electron chi connectivity index (χ3n) is 3.26. The summed E-state index contributed by atoms with van der Waals surface area (Å²) in [5.41, 5.74) is 1.32. The van der Waals surface area contributed by atoms with Crippen LogP contribution in [0.1, 0.15) is 28.9 Å². The zero-order valence-electron chi connectivity index (χ0n) is 10.1. The third-order valence-corrected chi connectivity index (χ3v) is 3.26. The first kappa shape index (κ1) is 11.0. The summed E-state index contributed by atoms with van der Waals surface area (Å²) in [7, 11) is 1.74. The second-order valence-corrected chi connectivity index (χ2v) is 4.68. The lowest BCUT2D eigenvalue weighted by molar-refractivity contribution is 0.0925. The fourth-order valence-electron chi connectivity index (χ4n) is 2.10.